The lowest BCUT2D eigenvalue weighted by Gasteiger charge is -2.07. The summed E-state index contributed by atoms with van der Waals surface area (Å²) in [6.07, 6.45) is 0. The van der Waals surface area contributed by atoms with E-state index in [1.54, 1.807) is 0 Å². The van der Waals surface area contributed by atoms with Gasteiger partial charge in [0.15, 0.2) is 5.96 Å². The third-order valence-electron chi connectivity index (χ3n) is 2.70. The lowest BCUT2D eigenvalue weighted by atomic mass is 10.2. The maximum absolute atomic E-state index is 12.0. The Bertz CT molecular complexity index is 579. The Kier molecular flexibility index (Phi) is 3.70. The number of fused-ring (bicyclic) bond motifs is 1. The smallest absolute Gasteiger partial charge is 0.267 e. The number of hydrogen-bond acceptors (Lipinski definition) is 2. The van der Waals surface area contributed by atoms with Crippen molar-refractivity contribution >= 4 is 22.8 Å². The average molecular weight is 259 g/mol. The standard InChI is InChI=1S/C13H17N5O/c1-8(17-13(14)15)7-16-12(19)11-6-9-4-2-3-5-10(9)18-11/h2-6,8,18H,7H2,1H3,(H,16,19)(H4,14,15,17). The lowest BCUT2D eigenvalue weighted by Crippen LogP contribution is -2.33. The molecule has 1 aromatic carbocycles. The minimum absolute atomic E-state index is 0.0207. The Hall–Kier alpha value is -2.50. The number of nitrogens with zero attached hydrogens (tertiary/aromatic N) is 1. The summed E-state index contributed by atoms with van der Waals surface area (Å²) in [7, 11) is 0. The van der Waals surface area contributed by atoms with Crippen LogP contribution in [0, 0.1) is 0 Å². The minimum atomic E-state index is -0.172. The molecule has 0 fully saturated rings. The van der Waals surface area contributed by atoms with Crippen molar-refractivity contribution in [2.75, 3.05) is 6.54 Å². The van der Waals surface area contributed by atoms with E-state index >= 15 is 0 Å². The lowest BCUT2D eigenvalue weighted by molar-refractivity contribution is 0.0947. The highest BCUT2D eigenvalue weighted by Crippen LogP contribution is 2.14. The molecule has 6 heteroatoms. The number of para-hydroxylation sites is 1. The molecule has 0 radical (unpaired) electrons. The number of aromatic nitrogens is 1. The van der Waals surface area contributed by atoms with Gasteiger partial charge in [-0.05, 0) is 19.1 Å². The van der Waals surface area contributed by atoms with Gasteiger partial charge < -0.3 is 21.8 Å². The van der Waals surface area contributed by atoms with E-state index in [-0.39, 0.29) is 17.9 Å². The van der Waals surface area contributed by atoms with Gasteiger partial charge in [0.25, 0.3) is 5.91 Å². The monoisotopic (exact) mass is 259 g/mol. The van der Waals surface area contributed by atoms with E-state index in [0.29, 0.717) is 12.2 Å². The Balaban J connectivity index is 2.02. The van der Waals surface area contributed by atoms with Crippen LogP contribution < -0.4 is 16.8 Å². The molecule has 2 rings (SSSR count). The zero-order valence-corrected chi connectivity index (χ0v) is 10.7. The first kappa shape index (κ1) is 12.9. The predicted molar refractivity (Wildman–Crippen MR) is 75.9 cm³/mol. The number of benzene rings is 1. The molecule has 0 aliphatic carbocycles. The summed E-state index contributed by atoms with van der Waals surface area (Å²) in [5.74, 6) is -0.152. The number of rotatable bonds is 4. The van der Waals surface area contributed by atoms with Gasteiger partial charge >= 0.3 is 0 Å². The third kappa shape index (κ3) is 3.25. The predicted octanol–water partition coefficient (Wildman–Crippen LogP) is 0.560. The molecule has 6 N–H and O–H groups in total. The van der Waals surface area contributed by atoms with Crippen molar-refractivity contribution in [3.63, 3.8) is 0 Å². The highest BCUT2D eigenvalue weighted by molar-refractivity contribution is 5.97. The molecular weight excluding hydrogens is 242 g/mol. The van der Waals surface area contributed by atoms with E-state index in [2.05, 4.69) is 15.3 Å². The van der Waals surface area contributed by atoms with Crippen molar-refractivity contribution in [2.24, 2.45) is 16.5 Å². The van der Waals surface area contributed by atoms with E-state index in [9.17, 15) is 4.79 Å². The number of guanidine groups is 1. The van der Waals surface area contributed by atoms with Crippen LogP contribution >= 0.6 is 0 Å². The molecule has 1 amide bonds. The fourth-order valence-corrected chi connectivity index (χ4v) is 1.83. The van der Waals surface area contributed by atoms with Gasteiger partial charge in [0.1, 0.15) is 5.69 Å². The van der Waals surface area contributed by atoms with Crippen molar-refractivity contribution < 1.29 is 4.79 Å². The highest BCUT2D eigenvalue weighted by Gasteiger charge is 2.10. The van der Waals surface area contributed by atoms with Gasteiger partial charge in [0, 0.05) is 17.4 Å². The van der Waals surface area contributed by atoms with E-state index in [1.165, 1.54) is 0 Å². The van der Waals surface area contributed by atoms with Gasteiger partial charge in [-0.25, -0.2) is 4.99 Å². The second-order valence-corrected chi connectivity index (χ2v) is 4.38. The van der Waals surface area contributed by atoms with Crippen molar-refractivity contribution in [1.82, 2.24) is 10.3 Å². The third-order valence-corrected chi connectivity index (χ3v) is 2.70. The number of aliphatic imine (C=N–C) groups is 1. The number of carbonyl (C=O) groups excluding carboxylic acids is 1. The molecule has 0 saturated heterocycles. The molecule has 0 aliphatic rings. The van der Waals surface area contributed by atoms with Gasteiger partial charge in [-0.3, -0.25) is 4.79 Å². The average Bonchev–Trinajstić information content (AvgIpc) is 2.78. The highest BCUT2D eigenvalue weighted by atomic mass is 16.1. The summed E-state index contributed by atoms with van der Waals surface area (Å²) in [6, 6.07) is 9.38. The second kappa shape index (κ2) is 5.43. The Labute approximate surface area is 110 Å². The van der Waals surface area contributed by atoms with Crippen molar-refractivity contribution in [2.45, 2.75) is 13.0 Å². The van der Waals surface area contributed by atoms with Crippen LogP contribution in [0.4, 0.5) is 0 Å². The maximum atomic E-state index is 12.0. The van der Waals surface area contributed by atoms with E-state index in [4.69, 9.17) is 11.5 Å². The van der Waals surface area contributed by atoms with Crippen LogP contribution in [0.15, 0.2) is 35.3 Å². The van der Waals surface area contributed by atoms with E-state index < -0.39 is 0 Å². The van der Waals surface area contributed by atoms with Crippen LogP contribution in [-0.2, 0) is 0 Å². The van der Waals surface area contributed by atoms with Crippen LogP contribution in [0.2, 0.25) is 0 Å². The number of H-pyrrole nitrogens is 1. The first-order valence-electron chi connectivity index (χ1n) is 6.01. The van der Waals surface area contributed by atoms with Crippen LogP contribution in [0.3, 0.4) is 0 Å². The Morgan fingerprint density at radius 3 is 2.84 bits per heavy atom. The minimum Gasteiger partial charge on any atom is -0.370 e. The first-order chi connectivity index (χ1) is 9.06. The molecule has 0 spiro atoms. The van der Waals surface area contributed by atoms with Crippen LogP contribution in [0.25, 0.3) is 10.9 Å². The van der Waals surface area contributed by atoms with Crippen LogP contribution in [0.5, 0.6) is 0 Å². The van der Waals surface area contributed by atoms with Gasteiger partial charge in [-0.15, -0.1) is 0 Å². The Morgan fingerprint density at radius 2 is 2.16 bits per heavy atom. The SMILES string of the molecule is CC(CNC(=O)c1cc2ccccc2[nH]1)N=C(N)N. The van der Waals surface area contributed by atoms with Gasteiger partial charge in [-0.2, -0.15) is 0 Å². The molecule has 1 aromatic heterocycles. The molecule has 1 unspecified atom stereocenters. The van der Waals surface area contributed by atoms with Gasteiger partial charge in [0.05, 0.1) is 6.04 Å². The fraction of sp³-hybridized carbons (Fsp3) is 0.231. The number of nitrogens with one attached hydrogen (secondary N) is 2. The summed E-state index contributed by atoms with van der Waals surface area (Å²) < 4.78 is 0. The molecule has 2 aromatic rings. The number of aromatic amines is 1. The number of amides is 1. The second-order valence-electron chi connectivity index (χ2n) is 4.38. The molecule has 1 heterocycles. The molecule has 0 aliphatic heterocycles. The van der Waals surface area contributed by atoms with Crippen molar-refractivity contribution in [1.29, 1.82) is 0 Å². The van der Waals surface area contributed by atoms with Crippen molar-refractivity contribution in [3.05, 3.63) is 36.0 Å². The molecule has 0 saturated carbocycles. The fourth-order valence-electron chi connectivity index (χ4n) is 1.83. The molecule has 1 atom stereocenters. The van der Waals surface area contributed by atoms with Crippen LogP contribution in [-0.4, -0.2) is 29.4 Å². The quantitative estimate of drug-likeness (QED) is 0.475. The number of carbonyl (C=O) groups is 1. The molecule has 19 heavy (non-hydrogen) atoms. The van der Waals surface area contributed by atoms with Gasteiger partial charge in [0.2, 0.25) is 0 Å². The summed E-state index contributed by atoms with van der Waals surface area (Å²) in [5.41, 5.74) is 12.0. The van der Waals surface area contributed by atoms with Crippen molar-refractivity contribution in [3.8, 4) is 0 Å². The summed E-state index contributed by atoms with van der Waals surface area (Å²) in [5, 5.41) is 3.78. The Morgan fingerprint density at radius 1 is 1.42 bits per heavy atom. The van der Waals surface area contributed by atoms with E-state index in [1.807, 2.05) is 37.3 Å². The molecule has 6 nitrogen and oxygen atoms in total. The zero-order valence-electron chi connectivity index (χ0n) is 10.7. The largest absolute Gasteiger partial charge is 0.370 e. The number of hydrogen-bond donors (Lipinski definition) is 4. The summed E-state index contributed by atoms with van der Waals surface area (Å²) in [4.78, 5) is 18.9. The molecule has 0 bridgehead atoms. The van der Waals surface area contributed by atoms with Gasteiger partial charge in [-0.1, -0.05) is 18.2 Å². The summed E-state index contributed by atoms with van der Waals surface area (Å²) >= 11 is 0. The zero-order chi connectivity index (χ0) is 13.8. The normalized spacial score (nSPS) is 12.1. The van der Waals surface area contributed by atoms with E-state index in [0.717, 1.165) is 10.9 Å². The first-order valence-corrected chi connectivity index (χ1v) is 6.01. The number of nitrogens with two attached hydrogens (primary N) is 2. The van der Waals surface area contributed by atoms with Crippen LogP contribution in [0.1, 0.15) is 17.4 Å². The topological polar surface area (TPSA) is 109 Å². The maximum Gasteiger partial charge on any atom is 0.267 e. The molecular formula is C13H17N5O. The molecule has 100 valence electrons. The summed E-state index contributed by atoms with van der Waals surface area (Å²) in [6.45, 7) is 2.21.